The average molecular weight is 498 g/mol. The van der Waals surface area contributed by atoms with E-state index < -0.39 is 51.2 Å². The van der Waals surface area contributed by atoms with Crippen molar-refractivity contribution < 1.29 is 33.9 Å². The molecule has 0 rings (SSSR count). The summed E-state index contributed by atoms with van der Waals surface area (Å²) in [6, 6.07) is -2.25. The van der Waals surface area contributed by atoms with Crippen LogP contribution < -0.4 is 27.4 Å². The standard InChI is InChI=1S/C16H27N5O7S3/c1-19-11(23)4-14(30-12(24)5-17)31-13(25)6-20-15(26)9(7-29)21-10(22)3-2-8(18)16(27)28/h8-9,14,29H,2-7,17-18H2,1H3,(H,19,23)(H,20,26)(H,21,22)(H,27,28)/t8-,9-,14-/m0/s1. The number of thiol groups is 1. The topological polar surface area (TPSA) is 211 Å². The zero-order valence-corrected chi connectivity index (χ0v) is 19.3. The van der Waals surface area contributed by atoms with Crippen LogP contribution in [-0.2, 0) is 28.8 Å². The molecule has 0 unspecified atom stereocenters. The minimum absolute atomic E-state index is 0.0654. The number of carboxylic acids is 1. The molecule has 3 atom stereocenters. The van der Waals surface area contributed by atoms with E-state index in [-0.39, 0.29) is 37.5 Å². The van der Waals surface area contributed by atoms with Gasteiger partial charge in [-0.3, -0.25) is 28.8 Å². The number of aliphatic carboxylic acids is 1. The molecule has 0 aliphatic carbocycles. The van der Waals surface area contributed by atoms with Crippen molar-refractivity contribution in [3.8, 4) is 0 Å². The van der Waals surface area contributed by atoms with Crippen LogP contribution >= 0.6 is 36.2 Å². The third-order valence-electron chi connectivity index (χ3n) is 3.56. The molecule has 15 heteroatoms. The van der Waals surface area contributed by atoms with E-state index in [9.17, 15) is 28.8 Å². The van der Waals surface area contributed by atoms with E-state index >= 15 is 0 Å². The van der Waals surface area contributed by atoms with Gasteiger partial charge in [-0.25, -0.2) is 0 Å². The van der Waals surface area contributed by atoms with E-state index in [2.05, 4.69) is 28.6 Å². The number of hydrogen-bond acceptors (Lipinski definition) is 11. The van der Waals surface area contributed by atoms with Gasteiger partial charge in [0.2, 0.25) is 28.0 Å². The van der Waals surface area contributed by atoms with Crippen LogP contribution in [0.1, 0.15) is 19.3 Å². The molecular weight excluding hydrogens is 470 g/mol. The molecule has 3 amide bonds. The fourth-order valence-corrected chi connectivity index (χ4v) is 4.30. The van der Waals surface area contributed by atoms with Crippen LogP contribution in [0.5, 0.6) is 0 Å². The van der Waals surface area contributed by atoms with Crippen molar-refractivity contribution in [3.63, 3.8) is 0 Å². The predicted molar refractivity (Wildman–Crippen MR) is 120 cm³/mol. The molecule has 31 heavy (non-hydrogen) atoms. The molecule has 0 aromatic carbocycles. The first-order valence-corrected chi connectivity index (χ1v) is 11.4. The van der Waals surface area contributed by atoms with Gasteiger partial charge in [0.05, 0.1) is 17.7 Å². The van der Waals surface area contributed by atoms with E-state index in [0.29, 0.717) is 0 Å². The second-order valence-corrected chi connectivity index (χ2v) is 9.18. The smallest absolute Gasteiger partial charge is 0.320 e. The lowest BCUT2D eigenvalue weighted by Crippen LogP contribution is -2.49. The fraction of sp³-hybridized carbons (Fsp3) is 0.625. The molecule has 12 nitrogen and oxygen atoms in total. The summed E-state index contributed by atoms with van der Waals surface area (Å²) < 4.78 is -0.709. The van der Waals surface area contributed by atoms with Gasteiger partial charge in [0.15, 0.2) is 0 Å². The van der Waals surface area contributed by atoms with Gasteiger partial charge in [-0.2, -0.15) is 12.6 Å². The van der Waals surface area contributed by atoms with Crippen LogP contribution in [0, 0.1) is 0 Å². The third kappa shape index (κ3) is 13.3. The Balaban J connectivity index is 4.64. The summed E-state index contributed by atoms with van der Waals surface area (Å²) in [6.07, 6.45) is -0.415. The molecule has 0 saturated carbocycles. The number of hydrogen-bond donors (Lipinski definition) is 7. The summed E-state index contributed by atoms with van der Waals surface area (Å²) in [5.74, 6) is -2.94. The number of rotatable bonds is 14. The van der Waals surface area contributed by atoms with Gasteiger partial charge in [-0.15, -0.1) is 0 Å². The van der Waals surface area contributed by atoms with Crippen molar-refractivity contribution in [2.24, 2.45) is 11.5 Å². The quantitative estimate of drug-likeness (QED) is 0.0997. The van der Waals surface area contributed by atoms with E-state index in [1.807, 2.05) is 0 Å². The number of amides is 3. The SMILES string of the molecule is CNC(=O)C[C@@H](SC(=O)CN)SC(=O)CNC(=O)[C@H](CS)NC(=O)CC[C@H](N)C(=O)O. The van der Waals surface area contributed by atoms with Crippen molar-refractivity contribution in [1.29, 1.82) is 0 Å². The number of carbonyl (C=O) groups excluding carboxylic acids is 5. The Hall–Kier alpha value is -1.81. The van der Waals surface area contributed by atoms with Gasteiger partial charge in [-0.05, 0) is 6.42 Å². The van der Waals surface area contributed by atoms with E-state index in [4.69, 9.17) is 16.6 Å². The molecule has 0 fully saturated rings. The molecule has 0 heterocycles. The molecular formula is C16H27N5O7S3. The molecule has 0 saturated heterocycles. The monoisotopic (exact) mass is 497 g/mol. The zero-order chi connectivity index (χ0) is 24.0. The number of carboxylic acid groups (broad SMARTS) is 1. The summed E-state index contributed by atoms with van der Waals surface area (Å²) in [5, 5.41) is 14.9. The van der Waals surface area contributed by atoms with Crippen molar-refractivity contribution in [3.05, 3.63) is 0 Å². The van der Waals surface area contributed by atoms with Crippen LogP contribution in [0.25, 0.3) is 0 Å². The van der Waals surface area contributed by atoms with Crippen LogP contribution in [0.2, 0.25) is 0 Å². The minimum Gasteiger partial charge on any atom is -0.480 e. The second-order valence-electron chi connectivity index (χ2n) is 5.99. The highest BCUT2D eigenvalue weighted by Crippen LogP contribution is 2.27. The Morgan fingerprint density at radius 3 is 2.19 bits per heavy atom. The Bertz CT molecular complexity index is 662. The summed E-state index contributed by atoms with van der Waals surface area (Å²) >= 11 is 5.47. The van der Waals surface area contributed by atoms with Gasteiger partial charge in [0, 0.05) is 25.6 Å². The van der Waals surface area contributed by atoms with E-state index in [0.717, 1.165) is 23.5 Å². The van der Waals surface area contributed by atoms with Gasteiger partial charge in [0.1, 0.15) is 12.1 Å². The Labute approximate surface area is 193 Å². The van der Waals surface area contributed by atoms with Crippen molar-refractivity contribution in [2.75, 3.05) is 25.9 Å². The van der Waals surface area contributed by atoms with Crippen LogP contribution in [0.3, 0.4) is 0 Å². The van der Waals surface area contributed by atoms with Crippen LogP contribution in [0.4, 0.5) is 0 Å². The lowest BCUT2D eigenvalue weighted by atomic mass is 10.1. The van der Waals surface area contributed by atoms with Crippen molar-refractivity contribution in [1.82, 2.24) is 16.0 Å². The van der Waals surface area contributed by atoms with Crippen molar-refractivity contribution >= 4 is 70.1 Å². The molecule has 0 aromatic heterocycles. The molecule has 0 aliphatic rings. The Morgan fingerprint density at radius 1 is 1.06 bits per heavy atom. The molecule has 0 radical (unpaired) electrons. The van der Waals surface area contributed by atoms with Gasteiger partial charge in [-0.1, -0.05) is 23.5 Å². The van der Waals surface area contributed by atoms with Crippen molar-refractivity contribution in [2.45, 2.75) is 35.9 Å². The summed E-state index contributed by atoms with van der Waals surface area (Å²) in [7, 11) is 1.42. The van der Waals surface area contributed by atoms with Crippen LogP contribution in [0.15, 0.2) is 0 Å². The maximum absolute atomic E-state index is 12.2. The first-order chi connectivity index (χ1) is 14.5. The lowest BCUT2D eigenvalue weighted by molar-refractivity contribution is -0.139. The number of carbonyl (C=O) groups is 6. The molecule has 0 aromatic rings. The molecule has 0 aliphatic heterocycles. The summed E-state index contributed by atoms with van der Waals surface area (Å²) in [6.45, 7) is -0.657. The summed E-state index contributed by atoms with van der Waals surface area (Å²) in [5.41, 5.74) is 10.6. The minimum atomic E-state index is -1.24. The maximum atomic E-state index is 12.2. The fourth-order valence-electron chi connectivity index (χ4n) is 1.90. The molecule has 0 spiro atoms. The molecule has 8 N–H and O–H groups in total. The Kier molecular flexibility index (Phi) is 15.0. The highest BCUT2D eigenvalue weighted by atomic mass is 32.2. The number of nitrogens with two attached hydrogens (primary N) is 2. The number of thioether (sulfide) groups is 2. The largest absolute Gasteiger partial charge is 0.480 e. The second kappa shape index (κ2) is 15.9. The zero-order valence-electron chi connectivity index (χ0n) is 16.8. The van der Waals surface area contributed by atoms with Gasteiger partial charge >= 0.3 is 5.97 Å². The lowest BCUT2D eigenvalue weighted by Gasteiger charge is -2.17. The average Bonchev–Trinajstić information content (AvgIpc) is 2.73. The predicted octanol–water partition coefficient (Wildman–Crippen LogP) is -2.35. The van der Waals surface area contributed by atoms with Gasteiger partial charge in [0.25, 0.3) is 0 Å². The molecule has 0 bridgehead atoms. The van der Waals surface area contributed by atoms with Gasteiger partial charge < -0.3 is 32.5 Å². The highest BCUT2D eigenvalue weighted by Gasteiger charge is 2.24. The third-order valence-corrected chi connectivity index (χ3v) is 6.20. The maximum Gasteiger partial charge on any atom is 0.320 e. The normalized spacial score (nSPS) is 13.4. The first-order valence-electron chi connectivity index (χ1n) is 8.99. The Morgan fingerprint density at radius 2 is 1.68 bits per heavy atom. The molecule has 176 valence electrons. The summed E-state index contributed by atoms with van der Waals surface area (Å²) in [4.78, 5) is 70.0. The first kappa shape index (κ1) is 29.2. The number of nitrogens with one attached hydrogen (secondary N) is 3. The van der Waals surface area contributed by atoms with E-state index in [1.165, 1.54) is 7.05 Å². The van der Waals surface area contributed by atoms with E-state index in [1.54, 1.807) is 0 Å². The van der Waals surface area contributed by atoms with Crippen LogP contribution in [-0.4, -0.2) is 81.6 Å². The highest BCUT2D eigenvalue weighted by molar-refractivity contribution is 8.29.